The summed E-state index contributed by atoms with van der Waals surface area (Å²) in [4.78, 5) is 12.1. The number of carbonyl (C=O) groups is 1. The van der Waals surface area contributed by atoms with Gasteiger partial charge >= 0.3 is 0 Å². The highest BCUT2D eigenvalue weighted by Gasteiger charge is 2.16. The van der Waals surface area contributed by atoms with Crippen LogP contribution < -0.4 is 11.1 Å². The number of aromatic nitrogens is 3. The maximum absolute atomic E-state index is 12.1. The average molecular weight is 273 g/mol. The molecule has 1 aromatic carbocycles. The lowest BCUT2D eigenvalue weighted by Gasteiger charge is -2.15. The van der Waals surface area contributed by atoms with Crippen molar-refractivity contribution in [1.29, 1.82) is 0 Å². The predicted molar refractivity (Wildman–Crippen MR) is 75.7 cm³/mol. The Morgan fingerprint density at radius 1 is 1.35 bits per heavy atom. The van der Waals surface area contributed by atoms with E-state index in [9.17, 15) is 4.79 Å². The lowest BCUT2D eigenvalue weighted by atomic mass is 9.98. The second-order valence-corrected chi connectivity index (χ2v) is 4.58. The maximum Gasteiger partial charge on any atom is 0.224 e. The number of rotatable bonds is 7. The fraction of sp³-hybridized carbons (Fsp3) is 0.357. The zero-order valence-electron chi connectivity index (χ0n) is 11.3. The molecule has 2 rings (SSSR count). The highest BCUT2D eigenvalue weighted by atomic mass is 16.1. The van der Waals surface area contributed by atoms with Crippen molar-refractivity contribution in [3.8, 4) is 0 Å². The van der Waals surface area contributed by atoms with Crippen LogP contribution in [0.4, 0.5) is 0 Å². The molecule has 106 valence electrons. The van der Waals surface area contributed by atoms with Crippen LogP contribution in [0.1, 0.15) is 5.56 Å². The Balaban J connectivity index is 1.79. The molecule has 2 aromatic rings. The standard InChI is InChI=1S/C14H19N5O/c15-11-13(10-12-4-2-1-3-5-12)14(20)16-6-8-19-9-7-17-18-19/h1-5,7,9,13H,6,8,10-11,15H2,(H,16,20). The summed E-state index contributed by atoms with van der Waals surface area (Å²) in [6.07, 6.45) is 4.03. The lowest BCUT2D eigenvalue weighted by molar-refractivity contribution is -0.124. The topological polar surface area (TPSA) is 85.8 Å². The van der Waals surface area contributed by atoms with E-state index in [1.807, 2.05) is 30.3 Å². The monoisotopic (exact) mass is 273 g/mol. The minimum absolute atomic E-state index is 0.0172. The van der Waals surface area contributed by atoms with Gasteiger partial charge in [-0.05, 0) is 12.0 Å². The quantitative estimate of drug-likeness (QED) is 0.755. The molecule has 6 heteroatoms. The second-order valence-electron chi connectivity index (χ2n) is 4.58. The zero-order valence-corrected chi connectivity index (χ0v) is 11.3. The van der Waals surface area contributed by atoms with Crippen LogP contribution in [-0.4, -0.2) is 34.0 Å². The van der Waals surface area contributed by atoms with E-state index in [0.29, 0.717) is 26.1 Å². The van der Waals surface area contributed by atoms with Crippen molar-refractivity contribution >= 4 is 5.91 Å². The first kappa shape index (κ1) is 14.2. The number of nitrogens with one attached hydrogen (secondary N) is 1. The van der Waals surface area contributed by atoms with Crippen molar-refractivity contribution in [1.82, 2.24) is 20.3 Å². The van der Waals surface area contributed by atoms with Gasteiger partial charge < -0.3 is 11.1 Å². The van der Waals surface area contributed by atoms with Crippen LogP contribution in [-0.2, 0) is 17.8 Å². The van der Waals surface area contributed by atoms with Crippen LogP contribution in [0, 0.1) is 5.92 Å². The van der Waals surface area contributed by atoms with Crippen molar-refractivity contribution in [2.24, 2.45) is 11.7 Å². The summed E-state index contributed by atoms with van der Waals surface area (Å²) >= 11 is 0. The van der Waals surface area contributed by atoms with E-state index < -0.39 is 0 Å². The van der Waals surface area contributed by atoms with Crippen molar-refractivity contribution in [3.63, 3.8) is 0 Å². The molecule has 1 amide bonds. The molecular weight excluding hydrogens is 254 g/mol. The SMILES string of the molecule is NCC(Cc1ccccc1)C(=O)NCCn1ccnn1. The molecule has 1 heterocycles. The van der Waals surface area contributed by atoms with Gasteiger partial charge in [-0.3, -0.25) is 9.48 Å². The predicted octanol–water partition coefficient (Wildman–Crippen LogP) is 0.212. The van der Waals surface area contributed by atoms with Gasteiger partial charge in [-0.15, -0.1) is 5.10 Å². The van der Waals surface area contributed by atoms with Gasteiger partial charge in [0, 0.05) is 19.3 Å². The zero-order chi connectivity index (χ0) is 14.2. The Kier molecular flexibility index (Phi) is 5.25. The van der Waals surface area contributed by atoms with Crippen molar-refractivity contribution in [3.05, 3.63) is 48.3 Å². The number of hydrogen-bond donors (Lipinski definition) is 2. The molecule has 0 saturated carbocycles. The number of carbonyl (C=O) groups excluding carboxylic acids is 1. The van der Waals surface area contributed by atoms with E-state index in [0.717, 1.165) is 5.56 Å². The molecule has 6 nitrogen and oxygen atoms in total. The van der Waals surface area contributed by atoms with Crippen LogP contribution in [0.25, 0.3) is 0 Å². The van der Waals surface area contributed by atoms with E-state index in [1.165, 1.54) is 0 Å². The molecule has 0 spiro atoms. The average Bonchev–Trinajstić information content (AvgIpc) is 2.99. The fourth-order valence-electron chi connectivity index (χ4n) is 1.97. The molecule has 0 bridgehead atoms. The molecule has 0 aliphatic heterocycles. The molecule has 0 saturated heterocycles. The Hall–Kier alpha value is -2.21. The number of hydrogen-bond acceptors (Lipinski definition) is 4. The number of nitrogens with zero attached hydrogens (tertiary/aromatic N) is 3. The Morgan fingerprint density at radius 2 is 2.15 bits per heavy atom. The molecule has 3 N–H and O–H groups in total. The molecule has 1 unspecified atom stereocenters. The van der Waals surface area contributed by atoms with Crippen molar-refractivity contribution in [2.75, 3.05) is 13.1 Å². The summed E-state index contributed by atoms with van der Waals surface area (Å²) < 4.78 is 1.68. The third-order valence-electron chi connectivity index (χ3n) is 3.09. The summed E-state index contributed by atoms with van der Waals surface area (Å²) in [7, 11) is 0. The van der Waals surface area contributed by atoms with E-state index in [1.54, 1.807) is 17.1 Å². The second kappa shape index (κ2) is 7.40. The van der Waals surface area contributed by atoms with Crippen LogP contribution in [0.5, 0.6) is 0 Å². The van der Waals surface area contributed by atoms with Crippen molar-refractivity contribution < 1.29 is 4.79 Å². The number of amides is 1. The Bertz CT molecular complexity index is 512. The van der Waals surface area contributed by atoms with Gasteiger partial charge in [0.15, 0.2) is 0 Å². The molecule has 20 heavy (non-hydrogen) atoms. The molecule has 0 radical (unpaired) electrons. The Morgan fingerprint density at radius 3 is 2.80 bits per heavy atom. The molecular formula is C14H19N5O. The Labute approximate surface area is 118 Å². The van der Waals surface area contributed by atoms with Gasteiger partial charge in [0.2, 0.25) is 5.91 Å². The fourth-order valence-corrected chi connectivity index (χ4v) is 1.97. The first-order valence-electron chi connectivity index (χ1n) is 6.65. The molecule has 0 aliphatic rings. The number of benzene rings is 1. The molecule has 0 aliphatic carbocycles. The van der Waals surface area contributed by atoms with Crippen LogP contribution in [0.2, 0.25) is 0 Å². The summed E-state index contributed by atoms with van der Waals surface area (Å²) in [6, 6.07) is 9.90. The van der Waals surface area contributed by atoms with Crippen molar-refractivity contribution in [2.45, 2.75) is 13.0 Å². The summed E-state index contributed by atoms with van der Waals surface area (Å²) in [5, 5.41) is 10.4. The van der Waals surface area contributed by atoms with Crippen LogP contribution in [0.15, 0.2) is 42.7 Å². The first-order valence-corrected chi connectivity index (χ1v) is 6.65. The minimum atomic E-state index is -0.201. The van der Waals surface area contributed by atoms with Gasteiger partial charge in [0.1, 0.15) is 0 Å². The normalized spacial score (nSPS) is 12.1. The van der Waals surface area contributed by atoms with Crippen LogP contribution in [0.3, 0.4) is 0 Å². The summed E-state index contributed by atoms with van der Waals surface area (Å²) in [5.74, 6) is -0.218. The largest absolute Gasteiger partial charge is 0.354 e. The van der Waals surface area contributed by atoms with Gasteiger partial charge in [0.25, 0.3) is 0 Å². The summed E-state index contributed by atoms with van der Waals surface area (Å²) in [6.45, 7) is 1.46. The maximum atomic E-state index is 12.1. The van der Waals surface area contributed by atoms with Crippen LogP contribution >= 0.6 is 0 Å². The lowest BCUT2D eigenvalue weighted by Crippen LogP contribution is -2.37. The van der Waals surface area contributed by atoms with Gasteiger partial charge in [-0.1, -0.05) is 35.5 Å². The van der Waals surface area contributed by atoms with E-state index in [2.05, 4.69) is 15.6 Å². The smallest absolute Gasteiger partial charge is 0.224 e. The van der Waals surface area contributed by atoms with E-state index in [4.69, 9.17) is 5.73 Å². The minimum Gasteiger partial charge on any atom is -0.354 e. The number of nitrogens with two attached hydrogens (primary N) is 1. The molecule has 0 fully saturated rings. The van der Waals surface area contributed by atoms with Gasteiger partial charge in [-0.25, -0.2) is 0 Å². The first-order chi connectivity index (χ1) is 9.79. The highest BCUT2D eigenvalue weighted by molar-refractivity contribution is 5.79. The van der Waals surface area contributed by atoms with Gasteiger partial charge in [0.05, 0.1) is 18.7 Å². The van der Waals surface area contributed by atoms with E-state index in [-0.39, 0.29) is 11.8 Å². The third-order valence-corrected chi connectivity index (χ3v) is 3.09. The highest BCUT2D eigenvalue weighted by Crippen LogP contribution is 2.07. The summed E-state index contributed by atoms with van der Waals surface area (Å²) in [5.41, 5.74) is 6.82. The van der Waals surface area contributed by atoms with Gasteiger partial charge in [-0.2, -0.15) is 0 Å². The third kappa shape index (κ3) is 4.17. The molecule has 1 atom stereocenters. The molecule has 1 aromatic heterocycles. The van der Waals surface area contributed by atoms with E-state index >= 15 is 0 Å².